The Labute approximate surface area is 166 Å². The van der Waals surface area contributed by atoms with Crippen molar-refractivity contribution < 1.29 is 4.79 Å². The standard InChI is InChI=1S/C21H20N6O2/c1-15-25-27(18-10-6-3-7-11-18)21(29)26(15)14-20(28)22-13-17-12-19(24-23-17)16-8-4-2-5-9-16/h2-12H,13-14H2,1H3,(H,22,28)(H,23,24). The molecule has 2 N–H and O–H groups in total. The van der Waals surface area contributed by atoms with Gasteiger partial charge >= 0.3 is 5.69 Å². The van der Waals surface area contributed by atoms with Crippen molar-refractivity contribution in [2.24, 2.45) is 0 Å². The Bertz CT molecular complexity index is 1170. The molecule has 0 radical (unpaired) electrons. The minimum Gasteiger partial charge on any atom is -0.349 e. The molecular weight excluding hydrogens is 368 g/mol. The molecule has 0 aliphatic rings. The molecule has 0 aliphatic heterocycles. The molecule has 8 heteroatoms. The molecule has 0 saturated heterocycles. The molecule has 0 atom stereocenters. The number of amides is 1. The number of carbonyl (C=O) groups is 1. The van der Waals surface area contributed by atoms with E-state index in [-0.39, 0.29) is 18.1 Å². The summed E-state index contributed by atoms with van der Waals surface area (Å²) in [7, 11) is 0. The van der Waals surface area contributed by atoms with E-state index in [1.807, 2.05) is 54.6 Å². The number of para-hydroxylation sites is 1. The van der Waals surface area contributed by atoms with Crippen LogP contribution < -0.4 is 11.0 Å². The Morgan fingerprint density at radius 3 is 2.48 bits per heavy atom. The van der Waals surface area contributed by atoms with Gasteiger partial charge in [0.1, 0.15) is 12.4 Å². The van der Waals surface area contributed by atoms with Gasteiger partial charge in [0.05, 0.1) is 23.6 Å². The van der Waals surface area contributed by atoms with Gasteiger partial charge in [-0.3, -0.25) is 14.5 Å². The number of H-pyrrole nitrogens is 1. The van der Waals surface area contributed by atoms with E-state index in [9.17, 15) is 9.59 Å². The first-order valence-electron chi connectivity index (χ1n) is 9.20. The number of rotatable bonds is 6. The lowest BCUT2D eigenvalue weighted by Gasteiger charge is -2.04. The molecule has 2 aromatic carbocycles. The van der Waals surface area contributed by atoms with E-state index in [4.69, 9.17) is 0 Å². The van der Waals surface area contributed by atoms with E-state index >= 15 is 0 Å². The molecule has 0 bridgehead atoms. The maximum atomic E-state index is 12.6. The summed E-state index contributed by atoms with van der Waals surface area (Å²) < 4.78 is 2.65. The lowest BCUT2D eigenvalue weighted by Crippen LogP contribution is -2.33. The molecular formula is C21H20N6O2. The zero-order chi connectivity index (χ0) is 20.2. The maximum absolute atomic E-state index is 12.6. The number of carbonyl (C=O) groups excluding carboxylic acids is 1. The van der Waals surface area contributed by atoms with Gasteiger partial charge in [0.15, 0.2) is 0 Å². The number of hydrogen-bond donors (Lipinski definition) is 2. The summed E-state index contributed by atoms with van der Waals surface area (Å²) in [5.41, 5.74) is 2.89. The number of aromatic amines is 1. The second-order valence-electron chi connectivity index (χ2n) is 6.58. The van der Waals surface area contributed by atoms with Crippen LogP contribution in [0.4, 0.5) is 0 Å². The van der Waals surface area contributed by atoms with Crippen LogP contribution in [-0.4, -0.2) is 30.5 Å². The third-order valence-electron chi connectivity index (χ3n) is 4.53. The van der Waals surface area contributed by atoms with Crippen molar-refractivity contribution in [2.45, 2.75) is 20.0 Å². The van der Waals surface area contributed by atoms with Gasteiger partial charge in [-0.1, -0.05) is 48.5 Å². The van der Waals surface area contributed by atoms with E-state index in [2.05, 4.69) is 20.6 Å². The average Bonchev–Trinajstić information content (AvgIpc) is 3.34. The Morgan fingerprint density at radius 1 is 1.07 bits per heavy atom. The molecule has 1 amide bonds. The van der Waals surface area contributed by atoms with Crippen molar-refractivity contribution in [3.63, 3.8) is 0 Å². The van der Waals surface area contributed by atoms with Crippen LogP contribution in [0.25, 0.3) is 16.9 Å². The summed E-state index contributed by atoms with van der Waals surface area (Å²) in [6.45, 7) is 1.89. The van der Waals surface area contributed by atoms with Crippen LogP contribution in [0.2, 0.25) is 0 Å². The highest BCUT2D eigenvalue weighted by atomic mass is 16.2. The molecule has 2 heterocycles. The third-order valence-corrected chi connectivity index (χ3v) is 4.53. The van der Waals surface area contributed by atoms with Crippen molar-refractivity contribution in [3.05, 3.63) is 88.7 Å². The predicted octanol–water partition coefficient (Wildman–Crippen LogP) is 2.05. The lowest BCUT2D eigenvalue weighted by atomic mass is 10.1. The molecule has 0 aliphatic carbocycles. The number of nitrogens with zero attached hydrogens (tertiary/aromatic N) is 4. The minimum atomic E-state index is -0.350. The Morgan fingerprint density at radius 2 is 1.76 bits per heavy atom. The quantitative estimate of drug-likeness (QED) is 0.528. The van der Waals surface area contributed by atoms with E-state index in [0.717, 1.165) is 17.0 Å². The fraction of sp³-hybridized carbons (Fsp3) is 0.143. The minimum absolute atomic E-state index is 0.100. The highest BCUT2D eigenvalue weighted by molar-refractivity contribution is 5.75. The molecule has 4 aromatic rings. The van der Waals surface area contributed by atoms with Gasteiger partial charge in [0.2, 0.25) is 5.91 Å². The van der Waals surface area contributed by atoms with Crippen LogP contribution in [-0.2, 0) is 17.9 Å². The first kappa shape index (κ1) is 18.4. The number of aromatic nitrogens is 5. The third kappa shape index (κ3) is 4.01. The Hall–Kier alpha value is -3.94. The van der Waals surface area contributed by atoms with E-state index in [1.54, 1.807) is 19.1 Å². The summed E-state index contributed by atoms with van der Waals surface area (Å²) in [6, 6.07) is 20.8. The van der Waals surface area contributed by atoms with Crippen LogP contribution in [0.3, 0.4) is 0 Å². The van der Waals surface area contributed by atoms with Gasteiger partial charge < -0.3 is 5.32 Å². The van der Waals surface area contributed by atoms with Gasteiger partial charge in [-0.05, 0) is 25.1 Å². The van der Waals surface area contributed by atoms with Crippen LogP contribution >= 0.6 is 0 Å². The lowest BCUT2D eigenvalue weighted by molar-refractivity contribution is -0.121. The van der Waals surface area contributed by atoms with Crippen molar-refractivity contribution in [2.75, 3.05) is 0 Å². The van der Waals surface area contributed by atoms with Gasteiger partial charge in [0, 0.05) is 5.56 Å². The number of hydrogen-bond acceptors (Lipinski definition) is 4. The maximum Gasteiger partial charge on any atom is 0.351 e. The summed E-state index contributed by atoms with van der Waals surface area (Å²) >= 11 is 0. The molecule has 0 saturated carbocycles. The summed E-state index contributed by atoms with van der Waals surface area (Å²) in [4.78, 5) is 25.0. The number of benzene rings is 2. The summed E-state index contributed by atoms with van der Waals surface area (Å²) in [5.74, 6) is 0.195. The molecule has 29 heavy (non-hydrogen) atoms. The summed E-state index contributed by atoms with van der Waals surface area (Å²) in [5, 5.41) is 14.3. The predicted molar refractivity (Wildman–Crippen MR) is 108 cm³/mol. The zero-order valence-electron chi connectivity index (χ0n) is 15.9. The monoisotopic (exact) mass is 388 g/mol. The fourth-order valence-electron chi connectivity index (χ4n) is 3.02. The number of nitrogens with one attached hydrogen (secondary N) is 2. The molecule has 0 unspecified atom stereocenters. The van der Waals surface area contributed by atoms with Crippen LogP contribution in [0.15, 0.2) is 71.5 Å². The molecule has 0 fully saturated rings. The first-order valence-corrected chi connectivity index (χ1v) is 9.20. The summed E-state index contributed by atoms with van der Waals surface area (Å²) in [6.07, 6.45) is 0. The highest BCUT2D eigenvalue weighted by Gasteiger charge is 2.14. The van der Waals surface area contributed by atoms with Crippen molar-refractivity contribution >= 4 is 5.91 Å². The molecule has 2 aromatic heterocycles. The van der Waals surface area contributed by atoms with Crippen LogP contribution in [0, 0.1) is 6.92 Å². The largest absolute Gasteiger partial charge is 0.351 e. The Balaban J connectivity index is 1.41. The van der Waals surface area contributed by atoms with Crippen molar-refractivity contribution in [1.82, 2.24) is 29.9 Å². The molecule has 8 nitrogen and oxygen atoms in total. The van der Waals surface area contributed by atoms with Crippen LogP contribution in [0.1, 0.15) is 11.5 Å². The molecule has 146 valence electrons. The number of aryl methyl sites for hydroxylation is 1. The van der Waals surface area contributed by atoms with E-state index in [1.165, 1.54) is 9.25 Å². The van der Waals surface area contributed by atoms with E-state index in [0.29, 0.717) is 18.1 Å². The normalized spacial score (nSPS) is 10.8. The van der Waals surface area contributed by atoms with Crippen molar-refractivity contribution in [1.29, 1.82) is 0 Å². The van der Waals surface area contributed by atoms with Gasteiger partial charge in [0.25, 0.3) is 0 Å². The van der Waals surface area contributed by atoms with Crippen LogP contribution in [0.5, 0.6) is 0 Å². The van der Waals surface area contributed by atoms with Gasteiger partial charge in [-0.25, -0.2) is 4.79 Å². The first-order chi connectivity index (χ1) is 14.1. The van der Waals surface area contributed by atoms with Gasteiger partial charge in [-0.15, -0.1) is 0 Å². The van der Waals surface area contributed by atoms with Gasteiger partial charge in [-0.2, -0.15) is 14.9 Å². The fourth-order valence-corrected chi connectivity index (χ4v) is 3.02. The molecule has 4 rings (SSSR count). The molecule has 0 spiro atoms. The average molecular weight is 388 g/mol. The van der Waals surface area contributed by atoms with E-state index < -0.39 is 0 Å². The second kappa shape index (κ2) is 7.97. The topological polar surface area (TPSA) is 97.6 Å². The Kier molecular flexibility index (Phi) is 5.07. The SMILES string of the molecule is Cc1nn(-c2ccccc2)c(=O)n1CC(=O)NCc1cc(-c2ccccc2)n[nH]1. The highest BCUT2D eigenvalue weighted by Crippen LogP contribution is 2.16. The van der Waals surface area contributed by atoms with Crippen molar-refractivity contribution in [3.8, 4) is 16.9 Å². The zero-order valence-corrected chi connectivity index (χ0v) is 15.9. The second-order valence-corrected chi connectivity index (χ2v) is 6.58. The smallest absolute Gasteiger partial charge is 0.349 e.